The number of rotatable bonds is 2. The molecule has 1 aromatic carbocycles. The standard InChI is InChI=1S/C14H19N/c1-5-8-13(15)11-9-6-7-10-12(11)14(2,3)4/h1,6-7,9-10,13H,8,15H2,2-4H3. The molecule has 0 aliphatic carbocycles. The van der Waals surface area contributed by atoms with E-state index in [1.807, 2.05) is 12.1 Å². The van der Waals surface area contributed by atoms with Gasteiger partial charge < -0.3 is 5.73 Å². The Morgan fingerprint density at radius 3 is 2.47 bits per heavy atom. The van der Waals surface area contributed by atoms with Crippen LogP contribution in [0.15, 0.2) is 24.3 Å². The van der Waals surface area contributed by atoms with Crippen molar-refractivity contribution >= 4 is 0 Å². The van der Waals surface area contributed by atoms with Gasteiger partial charge in [-0.2, -0.15) is 0 Å². The maximum atomic E-state index is 6.06. The van der Waals surface area contributed by atoms with Crippen molar-refractivity contribution in [1.29, 1.82) is 0 Å². The monoisotopic (exact) mass is 201 g/mol. The van der Waals surface area contributed by atoms with E-state index in [-0.39, 0.29) is 11.5 Å². The molecule has 0 heterocycles. The first-order valence-corrected chi connectivity index (χ1v) is 5.25. The van der Waals surface area contributed by atoms with Gasteiger partial charge in [-0.25, -0.2) is 0 Å². The van der Waals surface area contributed by atoms with Gasteiger partial charge in [-0.3, -0.25) is 0 Å². The molecule has 1 atom stereocenters. The Morgan fingerprint density at radius 2 is 1.93 bits per heavy atom. The van der Waals surface area contributed by atoms with Crippen molar-refractivity contribution in [3.05, 3.63) is 35.4 Å². The minimum Gasteiger partial charge on any atom is -0.323 e. The first-order valence-electron chi connectivity index (χ1n) is 5.25. The zero-order chi connectivity index (χ0) is 11.5. The van der Waals surface area contributed by atoms with Crippen LogP contribution < -0.4 is 5.73 Å². The molecule has 1 unspecified atom stereocenters. The van der Waals surface area contributed by atoms with Crippen molar-refractivity contribution in [3.8, 4) is 12.3 Å². The molecule has 1 rings (SSSR count). The van der Waals surface area contributed by atoms with E-state index in [0.29, 0.717) is 6.42 Å². The Bertz CT molecular complexity index is 366. The predicted molar refractivity (Wildman–Crippen MR) is 65.5 cm³/mol. The van der Waals surface area contributed by atoms with Crippen LogP contribution in [0.4, 0.5) is 0 Å². The molecule has 0 aliphatic heterocycles. The molecule has 80 valence electrons. The highest BCUT2D eigenvalue weighted by atomic mass is 14.6. The second-order valence-corrected chi connectivity index (χ2v) is 4.85. The lowest BCUT2D eigenvalue weighted by Crippen LogP contribution is -2.19. The molecule has 0 fully saturated rings. The second kappa shape index (κ2) is 4.51. The Morgan fingerprint density at radius 1 is 1.33 bits per heavy atom. The smallest absolute Gasteiger partial charge is 0.0408 e. The lowest BCUT2D eigenvalue weighted by molar-refractivity contribution is 0.571. The van der Waals surface area contributed by atoms with Gasteiger partial charge in [0, 0.05) is 12.5 Å². The van der Waals surface area contributed by atoms with E-state index in [9.17, 15) is 0 Å². The molecule has 0 aliphatic rings. The minimum absolute atomic E-state index is 0.0505. The maximum Gasteiger partial charge on any atom is 0.0408 e. The van der Waals surface area contributed by atoms with Gasteiger partial charge in [0.2, 0.25) is 0 Å². The Labute approximate surface area is 92.7 Å². The molecule has 0 aromatic heterocycles. The molecular weight excluding hydrogens is 182 g/mol. The van der Waals surface area contributed by atoms with Crippen LogP contribution in [0.1, 0.15) is 44.4 Å². The van der Waals surface area contributed by atoms with Gasteiger partial charge in [0.05, 0.1) is 0 Å². The third kappa shape index (κ3) is 2.84. The summed E-state index contributed by atoms with van der Waals surface area (Å²) >= 11 is 0. The average molecular weight is 201 g/mol. The fraction of sp³-hybridized carbons (Fsp3) is 0.429. The lowest BCUT2D eigenvalue weighted by atomic mass is 9.81. The zero-order valence-corrected chi connectivity index (χ0v) is 9.75. The summed E-state index contributed by atoms with van der Waals surface area (Å²) in [5.41, 5.74) is 8.63. The molecule has 0 bridgehead atoms. The summed E-state index contributed by atoms with van der Waals surface area (Å²) in [6, 6.07) is 8.22. The first-order chi connectivity index (χ1) is 6.96. The zero-order valence-electron chi connectivity index (χ0n) is 9.75. The van der Waals surface area contributed by atoms with Gasteiger partial charge >= 0.3 is 0 Å². The van der Waals surface area contributed by atoms with Crippen LogP contribution in [0.25, 0.3) is 0 Å². The highest BCUT2D eigenvalue weighted by molar-refractivity contribution is 5.35. The average Bonchev–Trinajstić information content (AvgIpc) is 2.17. The molecule has 2 N–H and O–H groups in total. The SMILES string of the molecule is C#CCC(N)c1ccccc1C(C)(C)C. The van der Waals surface area contributed by atoms with Crippen molar-refractivity contribution in [2.24, 2.45) is 5.73 Å². The Balaban J connectivity index is 3.13. The lowest BCUT2D eigenvalue weighted by Gasteiger charge is -2.25. The molecule has 0 amide bonds. The van der Waals surface area contributed by atoms with E-state index in [2.05, 4.69) is 38.8 Å². The van der Waals surface area contributed by atoms with Crippen LogP contribution in [0.2, 0.25) is 0 Å². The van der Waals surface area contributed by atoms with Crippen LogP contribution in [0.5, 0.6) is 0 Å². The van der Waals surface area contributed by atoms with Gasteiger partial charge in [-0.15, -0.1) is 12.3 Å². The van der Waals surface area contributed by atoms with Gasteiger partial charge in [-0.05, 0) is 16.5 Å². The van der Waals surface area contributed by atoms with Crippen LogP contribution in [0.3, 0.4) is 0 Å². The van der Waals surface area contributed by atoms with E-state index in [1.165, 1.54) is 11.1 Å². The van der Waals surface area contributed by atoms with Crippen molar-refractivity contribution in [3.63, 3.8) is 0 Å². The van der Waals surface area contributed by atoms with E-state index < -0.39 is 0 Å². The van der Waals surface area contributed by atoms with Gasteiger partial charge in [0.15, 0.2) is 0 Å². The fourth-order valence-electron chi connectivity index (χ4n) is 1.74. The molecule has 0 radical (unpaired) electrons. The quantitative estimate of drug-likeness (QED) is 0.731. The maximum absolute atomic E-state index is 6.06. The number of hydrogen-bond donors (Lipinski definition) is 1. The minimum atomic E-state index is -0.0505. The number of hydrogen-bond acceptors (Lipinski definition) is 1. The molecular formula is C14H19N. The van der Waals surface area contributed by atoms with Crippen molar-refractivity contribution in [1.82, 2.24) is 0 Å². The third-order valence-electron chi connectivity index (χ3n) is 2.51. The van der Waals surface area contributed by atoms with Crippen LogP contribution >= 0.6 is 0 Å². The van der Waals surface area contributed by atoms with E-state index in [0.717, 1.165) is 0 Å². The van der Waals surface area contributed by atoms with Gasteiger partial charge in [-0.1, -0.05) is 45.0 Å². The summed E-state index contributed by atoms with van der Waals surface area (Å²) in [5.74, 6) is 2.62. The topological polar surface area (TPSA) is 26.0 Å². The second-order valence-electron chi connectivity index (χ2n) is 4.85. The normalized spacial score (nSPS) is 13.3. The van der Waals surface area contributed by atoms with E-state index in [4.69, 9.17) is 12.2 Å². The summed E-state index contributed by atoms with van der Waals surface area (Å²) in [5, 5.41) is 0. The number of terminal acetylenes is 1. The van der Waals surface area contributed by atoms with Gasteiger partial charge in [0.25, 0.3) is 0 Å². The summed E-state index contributed by atoms with van der Waals surface area (Å²) in [6.07, 6.45) is 5.89. The molecule has 1 heteroatoms. The summed E-state index contributed by atoms with van der Waals surface area (Å²) in [6.45, 7) is 6.57. The summed E-state index contributed by atoms with van der Waals surface area (Å²) < 4.78 is 0. The third-order valence-corrected chi connectivity index (χ3v) is 2.51. The molecule has 0 saturated carbocycles. The Kier molecular flexibility index (Phi) is 3.55. The van der Waals surface area contributed by atoms with Crippen molar-refractivity contribution in [2.75, 3.05) is 0 Å². The van der Waals surface area contributed by atoms with Gasteiger partial charge in [0.1, 0.15) is 0 Å². The van der Waals surface area contributed by atoms with Crippen LogP contribution in [-0.2, 0) is 5.41 Å². The molecule has 15 heavy (non-hydrogen) atoms. The summed E-state index contributed by atoms with van der Waals surface area (Å²) in [7, 11) is 0. The van der Waals surface area contributed by atoms with E-state index >= 15 is 0 Å². The van der Waals surface area contributed by atoms with Crippen molar-refractivity contribution in [2.45, 2.75) is 38.6 Å². The number of nitrogens with two attached hydrogens (primary N) is 1. The summed E-state index contributed by atoms with van der Waals surface area (Å²) in [4.78, 5) is 0. The largest absolute Gasteiger partial charge is 0.323 e. The van der Waals surface area contributed by atoms with E-state index in [1.54, 1.807) is 0 Å². The molecule has 1 nitrogen and oxygen atoms in total. The van der Waals surface area contributed by atoms with Crippen LogP contribution in [-0.4, -0.2) is 0 Å². The van der Waals surface area contributed by atoms with Crippen LogP contribution in [0, 0.1) is 12.3 Å². The molecule has 0 saturated heterocycles. The fourth-order valence-corrected chi connectivity index (χ4v) is 1.74. The highest BCUT2D eigenvalue weighted by Crippen LogP contribution is 2.29. The molecule has 1 aromatic rings. The Hall–Kier alpha value is -1.26. The molecule has 0 spiro atoms. The highest BCUT2D eigenvalue weighted by Gasteiger charge is 2.19. The van der Waals surface area contributed by atoms with Crippen molar-refractivity contribution < 1.29 is 0 Å². The number of benzene rings is 1. The first kappa shape index (κ1) is 11.8. The predicted octanol–water partition coefficient (Wildman–Crippen LogP) is 3.01.